The summed E-state index contributed by atoms with van der Waals surface area (Å²) in [6, 6.07) is 7.47. The Hall–Kier alpha value is -2.14. The molecule has 5 heteroatoms. The minimum atomic E-state index is -0.496. The number of anilines is 1. The average molecular weight is 287 g/mol. The van der Waals surface area contributed by atoms with Crippen molar-refractivity contribution in [2.45, 2.75) is 26.7 Å². The number of amides is 1. The molecule has 0 bridgehead atoms. The average Bonchev–Trinajstić information content (AvgIpc) is 3.05. The van der Waals surface area contributed by atoms with Crippen LogP contribution in [0.3, 0.4) is 0 Å². The number of oxazole rings is 1. The van der Waals surface area contributed by atoms with Crippen molar-refractivity contribution >= 4 is 11.6 Å². The summed E-state index contributed by atoms with van der Waals surface area (Å²) in [5.41, 5.74) is 6.97. The zero-order valence-corrected chi connectivity index (χ0v) is 12.4. The Morgan fingerprint density at radius 1 is 1.29 bits per heavy atom. The van der Waals surface area contributed by atoms with Crippen LogP contribution in [0.2, 0.25) is 0 Å². The molecule has 0 unspecified atom stereocenters. The van der Waals surface area contributed by atoms with Crippen molar-refractivity contribution in [3.63, 3.8) is 0 Å². The molecule has 0 saturated heterocycles. The second kappa shape index (κ2) is 6.54. The third kappa shape index (κ3) is 3.13. The first kappa shape index (κ1) is 15.3. The Morgan fingerprint density at radius 2 is 1.95 bits per heavy atom. The summed E-state index contributed by atoms with van der Waals surface area (Å²) in [7, 11) is 0. The predicted octanol–water partition coefficient (Wildman–Crippen LogP) is 3.05. The van der Waals surface area contributed by atoms with Gasteiger partial charge in [0.2, 0.25) is 5.91 Å². The van der Waals surface area contributed by atoms with E-state index in [1.165, 1.54) is 6.39 Å². The molecule has 1 amide bonds. The number of nitrogens with zero attached hydrogens (tertiary/aromatic N) is 1. The molecule has 2 rings (SSSR count). The zero-order valence-electron chi connectivity index (χ0n) is 12.4. The second-order valence-corrected chi connectivity index (χ2v) is 5.09. The molecule has 0 aliphatic rings. The molecule has 112 valence electrons. The van der Waals surface area contributed by atoms with E-state index in [0.717, 1.165) is 24.1 Å². The number of benzene rings is 1. The highest BCUT2D eigenvalue weighted by Gasteiger charge is 2.33. The molecule has 1 aromatic heterocycles. The van der Waals surface area contributed by atoms with Crippen LogP contribution in [0.15, 0.2) is 41.3 Å². The van der Waals surface area contributed by atoms with Crippen molar-refractivity contribution in [3.8, 4) is 11.3 Å². The number of carbonyl (C=O) groups excluding carboxylic acids is 1. The highest BCUT2D eigenvalue weighted by Crippen LogP contribution is 2.27. The third-order valence-electron chi connectivity index (χ3n) is 4.09. The summed E-state index contributed by atoms with van der Waals surface area (Å²) in [5, 5.41) is 2.94. The van der Waals surface area contributed by atoms with Gasteiger partial charge in [-0.3, -0.25) is 4.79 Å². The molecular weight excluding hydrogens is 266 g/mol. The first-order valence-corrected chi connectivity index (χ1v) is 7.15. The summed E-state index contributed by atoms with van der Waals surface area (Å²) in [4.78, 5) is 16.3. The summed E-state index contributed by atoms with van der Waals surface area (Å²) in [5.74, 6) is 0.675. The summed E-state index contributed by atoms with van der Waals surface area (Å²) in [6.45, 7) is 4.33. The maximum Gasteiger partial charge on any atom is 0.231 e. The van der Waals surface area contributed by atoms with E-state index in [1.54, 1.807) is 6.20 Å². The van der Waals surface area contributed by atoms with Crippen molar-refractivity contribution in [1.82, 2.24) is 4.98 Å². The first-order chi connectivity index (χ1) is 10.1. The van der Waals surface area contributed by atoms with Crippen LogP contribution in [0.1, 0.15) is 26.7 Å². The van der Waals surface area contributed by atoms with E-state index in [2.05, 4.69) is 10.3 Å². The highest BCUT2D eigenvalue weighted by atomic mass is 16.3. The van der Waals surface area contributed by atoms with Crippen LogP contribution >= 0.6 is 0 Å². The minimum Gasteiger partial charge on any atom is -0.444 e. The molecule has 0 atom stereocenters. The Morgan fingerprint density at radius 3 is 2.43 bits per heavy atom. The smallest absolute Gasteiger partial charge is 0.231 e. The lowest BCUT2D eigenvalue weighted by Crippen LogP contribution is -2.41. The fourth-order valence-corrected chi connectivity index (χ4v) is 2.29. The number of hydrogen-bond donors (Lipinski definition) is 2. The topological polar surface area (TPSA) is 81.2 Å². The lowest BCUT2D eigenvalue weighted by molar-refractivity contribution is -0.125. The van der Waals surface area contributed by atoms with Gasteiger partial charge in [0.1, 0.15) is 0 Å². The number of rotatable bonds is 6. The van der Waals surface area contributed by atoms with Crippen molar-refractivity contribution in [3.05, 3.63) is 36.9 Å². The van der Waals surface area contributed by atoms with Crippen molar-refractivity contribution in [2.75, 3.05) is 11.9 Å². The van der Waals surface area contributed by atoms with Crippen LogP contribution in [0.5, 0.6) is 0 Å². The van der Waals surface area contributed by atoms with Gasteiger partial charge < -0.3 is 15.5 Å². The Balaban J connectivity index is 2.11. The minimum absolute atomic E-state index is 0.0255. The van der Waals surface area contributed by atoms with Crippen molar-refractivity contribution in [2.24, 2.45) is 11.1 Å². The van der Waals surface area contributed by atoms with E-state index in [9.17, 15) is 4.79 Å². The Kier molecular flexibility index (Phi) is 4.75. The molecule has 0 radical (unpaired) electrons. The maximum absolute atomic E-state index is 12.4. The molecule has 0 saturated carbocycles. The van der Waals surface area contributed by atoms with E-state index in [0.29, 0.717) is 12.3 Å². The number of carbonyl (C=O) groups is 1. The van der Waals surface area contributed by atoms with E-state index in [-0.39, 0.29) is 5.91 Å². The van der Waals surface area contributed by atoms with Crippen molar-refractivity contribution in [1.29, 1.82) is 0 Å². The largest absolute Gasteiger partial charge is 0.444 e. The molecule has 1 heterocycles. The monoisotopic (exact) mass is 287 g/mol. The standard InChI is InChI=1S/C16H21N3O2/c1-3-16(4-2,10-17)15(20)19-13-7-5-12(6-8-13)14-9-18-11-21-14/h5-9,11H,3-4,10,17H2,1-2H3,(H,19,20). The molecule has 21 heavy (non-hydrogen) atoms. The number of aromatic nitrogens is 1. The molecule has 3 N–H and O–H groups in total. The summed E-state index contributed by atoms with van der Waals surface area (Å²) in [6.07, 6.45) is 4.49. The normalized spacial score (nSPS) is 11.4. The quantitative estimate of drug-likeness (QED) is 0.855. The molecule has 0 aliphatic carbocycles. The van der Waals surface area contributed by atoms with Crippen LogP contribution in [0.4, 0.5) is 5.69 Å². The molecule has 2 aromatic rings. The number of nitrogens with two attached hydrogens (primary N) is 1. The van der Waals surface area contributed by atoms with E-state index in [4.69, 9.17) is 10.2 Å². The predicted molar refractivity (Wildman–Crippen MR) is 82.6 cm³/mol. The van der Waals surface area contributed by atoms with Gasteiger partial charge in [-0.1, -0.05) is 13.8 Å². The maximum atomic E-state index is 12.4. The Labute approximate surface area is 124 Å². The molecule has 1 aromatic carbocycles. The molecule has 0 aliphatic heterocycles. The molecule has 5 nitrogen and oxygen atoms in total. The lowest BCUT2D eigenvalue weighted by atomic mass is 9.81. The lowest BCUT2D eigenvalue weighted by Gasteiger charge is -2.28. The summed E-state index contributed by atoms with van der Waals surface area (Å²) >= 11 is 0. The van der Waals surface area contributed by atoms with E-state index in [1.807, 2.05) is 38.1 Å². The van der Waals surface area contributed by atoms with Gasteiger partial charge in [-0.15, -0.1) is 0 Å². The van der Waals surface area contributed by atoms with Crippen LogP contribution in [-0.2, 0) is 4.79 Å². The van der Waals surface area contributed by atoms with Gasteiger partial charge in [-0.2, -0.15) is 0 Å². The molecule has 0 fully saturated rings. The van der Waals surface area contributed by atoms with Gasteiger partial charge in [0.05, 0.1) is 11.6 Å². The van der Waals surface area contributed by atoms with Gasteiger partial charge in [-0.05, 0) is 37.1 Å². The van der Waals surface area contributed by atoms with Crippen LogP contribution in [0, 0.1) is 5.41 Å². The van der Waals surface area contributed by atoms with Gasteiger partial charge in [0.25, 0.3) is 0 Å². The number of hydrogen-bond acceptors (Lipinski definition) is 4. The Bertz CT molecular complexity index is 564. The fourth-order valence-electron chi connectivity index (χ4n) is 2.29. The molecular formula is C16H21N3O2. The van der Waals surface area contributed by atoms with Gasteiger partial charge in [0, 0.05) is 17.8 Å². The fraction of sp³-hybridized carbons (Fsp3) is 0.375. The highest BCUT2D eigenvalue weighted by molar-refractivity contribution is 5.95. The van der Waals surface area contributed by atoms with Crippen molar-refractivity contribution < 1.29 is 9.21 Å². The van der Waals surface area contributed by atoms with Crippen LogP contribution in [0.25, 0.3) is 11.3 Å². The number of nitrogens with one attached hydrogen (secondary N) is 1. The zero-order chi connectivity index (χ0) is 15.3. The first-order valence-electron chi connectivity index (χ1n) is 7.15. The van der Waals surface area contributed by atoms with E-state index >= 15 is 0 Å². The van der Waals surface area contributed by atoms with E-state index < -0.39 is 5.41 Å². The summed E-state index contributed by atoms with van der Waals surface area (Å²) < 4.78 is 5.23. The third-order valence-corrected chi connectivity index (χ3v) is 4.09. The van der Waals surface area contributed by atoms with Crippen LogP contribution < -0.4 is 11.1 Å². The van der Waals surface area contributed by atoms with Gasteiger partial charge in [0.15, 0.2) is 12.2 Å². The van der Waals surface area contributed by atoms with Gasteiger partial charge >= 0.3 is 0 Å². The molecule has 0 spiro atoms. The van der Waals surface area contributed by atoms with Crippen LogP contribution in [-0.4, -0.2) is 17.4 Å². The second-order valence-electron chi connectivity index (χ2n) is 5.09. The SMILES string of the molecule is CCC(CC)(CN)C(=O)Nc1ccc(-c2cnco2)cc1. The van der Waals surface area contributed by atoms with Gasteiger partial charge in [-0.25, -0.2) is 4.98 Å².